The molecule has 3 aromatic rings. The summed E-state index contributed by atoms with van der Waals surface area (Å²) in [5.74, 6) is 0.722. The Morgan fingerprint density at radius 1 is 1.31 bits per heavy atom. The molecule has 0 saturated heterocycles. The average Bonchev–Trinajstić information content (AvgIpc) is 3.49. The molecule has 6 nitrogen and oxygen atoms in total. The number of benzene rings is 1. The minimum atomic E-state index is -0.573. The zero-order valence-electron chi connectivity index (χ0n) is 16.2. The van der Waals surface area contributed by atoms with Crippen LogP contribution in [0.3, 0.4) is 0 Å². The molecule has 1 atom stereocenters. The third-order valence-corrected chi connectivity index (χ3v) is 6.54. The van der Waals surface area contributed by atoms with Crippen molar-refractivity contribution in [1.29, 1.82) is 0 Å². The van der Waals surface area contributed by atoms with E-state index >= 15 is 0 Å². The summed E-state index contributed by atoms with van der Waals surface area (Å²) in [6.45, 7) is 0.450. The highest BCUT2D eigenvalue weighted by Crippen LogP contribution is 2.28. The van der Waals surface area contributed by atoms with Crippen LogP contribution in [0.1, 0.15) is 17.7 Å². The molecule has 1 amide bonds. The van der Waals surface area contributed by atoms with Crippen molar-refractivity contribution in [3.63, 3.8) is 0 Å². The third kappa shape index (κ3) is 4.65. The molecule has 8 heteroatoms. The van der Waals surface area contributed by atoms with Crippen LogP contribution in [0.5, 0.6) is 5.75 Å². The number of carbonyl (C=O) groups excluding carboxylic acids is 1. The van der Waals surface area contributed by atoms with E-state index < -0.39 is 6.10 Å². The fourth-order valence-electron chi connectivity index (χ4n) is 3.14. The number of thiophene rings is 1. The van der Waals surface area contributed by atoms with Gasteiger partial charge in [0.15, 0.2) is 0 Å². The van der Waals surface area contributed by atoms with Gasteiger partial charge < -0.3 is 14.5 Å². The standard InChI is InChI=1S/C21H21N3O3S2/c1-24(12-16-13-29-20(22-16)19-7-4-8-28-19)21(25)18-11-15(23-27-18)9-14-5-3-6-17(10-14)26-2/h3-8,10,13,18H,9,11-12H2,1-2H3. The Bertz CT molecular complexity index is 1010. The van der Waals surface area contributed by atoms with Crippen LogP contribution >= 0.6 is 22.7 Å². The van der Waals surface area contributed by atoms with E-state index in [1.807, 2.05) is 41.1 Å². The normalized spacial score (nSPS) is 15.7. The number of oxime groups is 1. The van der Waals surface area contributed by atoms with Crippen LogP contribution in [-0.4, -0.2) is 41.8 Å². The number of likely N-dealkylation sites (N-methyl/N-ethyl adjacent to an activating group) is 1. The Morgan fingerprint density at radius 2 is 2.21 bits per heavy atom. The molecule has 0 saturated carbocycles. The molecule has 3 heterocycles. The van der Waals surface area contributed by atoms with Crippen molar-refractivity contribution < 1.29 is 14.4 Å². The predicted molar refractivity (Wildman–Crippen MR) is 116 cm³/mol. The minimum Gasteiger partial charge on any atom is -0.497 e. The molecule has 0 N–H and O–H groups in total. The summed E-state index contributed by atoms with van der Waals surface area (Å²) < 4.78 is 5.26. The van der Waals surface area contributed by atoms with Crippen LogP contribution in [0.4, 0.5) is 0 Å². The number of thiazole rings is 1. The number of amides is 1. The number of carbonyl (C=O) groups is 1. The first-order chi connectivity index (χ1) is 14.1. The van der Waals surface area contributed by atoms with E-state index in [1.54, 1.807) is 41.7 Å². The summed E-state index contributed by atoms with van der Waals surface area (Å²) >= 11 is 3.26. The van der Waals surface area contributed by atoms with E-state index in [4.69, 9.17) is 9.57 Å². The van der Waals surface area contributed by atoms with Gasteiger partial charge in [0, 0.05) is 25.3 Å². The zero-order valence-corrected chi connectivity index (χ0v) is 17.8. The third-order valence-electron chi connectivity index (χ3n) is 4.61. The van der Waals surface area contributed by atoms with Crippen molar-refractivity contribution in [3.8, 4) is 15.6 Å². The highest BCUT2D eigenvalue weighted by Gasteiger charge is 2.30. The molecule has 1 unspecified atom stereocenters. The number of nitrogens with zero attached hydrogens (tertiary/aromatic N) is 3. The summed E-state index contributed by atoms with van der Waals surface area (Å²) in [5.41, 5.74) is 2.82. The lowest BCUT2D eigenvalue weighted by Crippen LogP contribution is -2.36. The van der Waals surface area contributed by atoms with Crippen molar-refractivity contribution in [2.24, 2.45) is 5.16 Å². The molecular weight excluding hydrogens is 406 g/mol. The molecule has 1 aliphatic rings. The topological polar surface area (TPSA) is 64.0 Å². The van der Waals surface area contributed by atoms with E-state index in [-0.39, 0.29) is 5.91 Å². The number of aromatic nitrogens is 1. The summed E-state index contributed by atoms with van der Waals surface area (Å²) in [7, 11) is 3.42. The average molecular weight is 428 g/mol. The first-order valence-corrected chi connectivity index (χ1v) is 11.0. The number of methoxy groups -OCH3 is 1. The summed E-state index contributed by atoms with van der Waals surface area (Å²) in [5, 5.41) is 9.15. The van der Waals surface area contributed by atoms with Gasteiger partial charge in [-0.05, 0) is 29.1 Å². The molecule has 0 aliphatic carbocycles. The second-order valence-electron chi connectivity index (χ2n) is 6.80. The van der Waals surface area contributed by atoms with Crippen LogP contribution in [0, 0.1) is 0 Å². The maximum atomic E-state index is 12.8. The Balaban J connectivity index is 1.32. The van der Waals surface area contributed by atoms with Gasteiger partial charge >= 0.3 is 0 Å². The number of hydrogen-bond acceptors (Lipinski definition) is 7. The summed E-state index contributed by atoms with van der Waals surface area (Å²) in [4.78, 5) is 25.6. The van der Waals surface area contributed by atoms with Crippen LogP contribution < -0.4 is 4.74 Å². The maximum Gasteiger partial charge on any atom is 0.266 e. The van der Waals surface area contributed by atoms with Gasteiger partial charge in [-0.15, -0.1) is 22.7 Å². The first kappa shape index (κ1) is 19.6. The molecule has 29 heavy (non-hydrogen) atoms. The van der Waals surface area contributed by atoms with Crippen LogP contribution in [0.15, 0.2) is 52.3 Å². The smallest absolute Gasteiger partial charge is 0.266 e. The largest absolute Gasteiger partial charge is 0.497 e. The van der Waals surface area contributed by atoms with Crippen molar-refractivity contribution in [2.75, 3.05) is 14.2 Å². The van der Waals surface area contributed by atoms with Crippen LogP contribution in [-0.2, 0) is 22.6 Å². The van der Waals surface area contributed by atoms with E-state index in [1.165, 1.54) is 0 Å². The van der Waals surface area contributed by atoms with Gasteiger partial charge in [0.1, 0.15) is 10.8 Å². The van der Waals surface area contributed by atoms with Crippen molar-refractivity contribution in [2.45, 2.75) is 25.5 Å². The molecule has 0 radical (unpaired) electrons. The fraction of sp³-hybridized carbons (Fsp3) is 0.286. The monoisotopic (exact) mass is 427 g/mol. The van der Waals surface area contributed by atoms with Crippen LogP contribution in [0.2, 0.25) is 0 Å². The first-order valence-electron chi connectivity index (χ1n) is 9.20. The molecule has 1 aromatic carbocycles. The quantitative estimate of drug-likeness (QED) is 0.566. The molecule has 2 aromatic heterocycles. The van der Waals surface area contributed by atoms with Gasteiger partial charge in [0.05, 0.1) is 29.9 Å². The molecule has 150 valence electrons. The van der Waals surface area contributed by atoms with Crippen LogP contribution in [0.25, 0.3) is 9.88 Å². The van der Waals surface area contributed by atoms with Gasteiger partial charge in [-0.3, -0.25) is 4.79 Å². The highest BCUT2D eigenvalue weighted by molar-refractivity contribution is 7.20. The highest BCUT2D eigenvalue weighted by atomic mass is 32.1. The number of rotatable bonds is 7. The molecule has 0 spiro atoms. The second-order valence-corrected chi connectivity index (χ2v) is 8.61. The number of hydrogen-bond donors (Lipinski definition) is 0. The van der Waals surface area contributed by atoms with Crippen molar-refractivity contribution in [3.05, 3.63) is 58.4 Å². The number of ether oxygens (including phenoxy) is 1. The fourth-order valence-corrected chi connectivity index (χ4v) is 4.77. The van der Waals surface area contributed by atoms with E-state index in [0.717, 1.165) is 32.6 Å². The van der Waals surface area contributed by atoms with Crippen molar-refractivity contribution >= 4 is 34.3 Å². The lowest BCUT2D eigenvalue weighted by Gasteiger charge is -2.18. The second kappa shape index (κ2) is 8.75. The lowest BCUT2D eigenvalue weighted by atomic mass is 10.0. The van der Waals surface area contributed by atoms with E-state index in [9.17, 15) is 4.79 Å². The lowest BCUT2D eigenvalue weighted by molar-refractivity contribution is -0.141. The molecule has 1 aliphatic heterocycles. The minimum absolute atomic E-state index is 0.0833. The molecule has 0 bridgehead atoms. The Morgan fingerprint density at radius 3 is 3.00 bits per heavy atom. The van der Waals surface area contributed by atoms with Crippen molar-refractivity contribution in [1.82, 2.24) is 9.88 Å². The van der Waals surface area contributed by atoms with Gasteiger partial charge in [0.2, 0.25) is 6.10 Å². The van der Waals surface area contributed by atoms with Gasteiger partial charge in [-0.2, -0.15) is 0 Å². The maximum absolute atomic E-state index is 12.8. The van der Waals surface area contributed by atoms with Gasteiger partial charge in [-0.1, -0.05) is 23.4 Å². The zero-order chi connectivity index (χ0) is 20.2. The summed E-state index contributed by atoms with van der Waals surface area (Å²) in [6, 6.07) is 11.9. The van der Waals surface area contributed by atoms with Gasteiger partial charge in [-0.25, -0.2) is 4.98 Å². The van der Waals surface area contributed by atoms with E-state index in [0.29, 0.717) is 19.4 Å². The Labute approximate surface area is 177 Å². The molecule has 4 rings (SSSR count). The van der Waals surface area contributed by atoms with Gasteiger partial charge in [0.25, 0.3) is 5.91 Å². The Hall–Kier alpha value is -2.71. The Kier molecular flexibility index (Phi) is 5.92. The summed E-state index contributed by atoms with van der Waals surface area (Å²) in [6.07, 6.45) is 0.565. The SMILES string of the molecule is COc1cccc(CC2=NOC(C(=O)N(C)Cc3csc(-c4cccs4)n3)C2)c1. The molecule has 0 fully saturated rings. The molecular formula is C21H21N3O3S2. The van der Waals surface area contributed by atoms with E-state index in [2.05, 4.69) is 16.2 Å². The predicted octanol–water partition coefficient (Wildman–Crippen LogP) is 4.23.